The van der Waals surface area contributed by atoms with Crippen molar-refractivity contribution in [1.29, 1.82) is 0 Å². The minimum atomic E-state index is -4.53. The van der Waals surface area contributed by atoms with Gasteiger partial charge in [0.05, 0.1) is 5.92 Å². The third-order valence-electron chi connectivity index (χ3n) is 4.93. The predicted octanol–water partition coefficient (Wildman–Crippen LogP) is 3.57. The van der Waals surface area contributed by atoms with Crippen LogP contribution < -0.4 is 4.90 Å². The zero-order valence-electron chi connectivity index (χ0n) is 14.1. The lowest BCUT2D eigenvalue weighted by Gasteiger charge is -2.38. The summed E-state index contributed by atoms with van der Waals surface area (Å²) in [5.41, 5.74) is -0.971. The number of amides is 1. The van der Waals surface area contributed by atoms with Crippen molar-refractivity contribution in [3.8, 4) is 0 Å². The smallest absolute Gasteiger partial charge is 0.356 e. The molecular formula is C17H20F5N3O. The van der Waals surface area contributed by atoms with Crippen molar-refractivity contribution >= 4 is 11.7 Å². The van der Waals surface area contributed by atoms with Crippen LogP contribution in [0.3, 0.4) is 0 Å². The largest absolute Gasteiger partial charge is 0.433 e. The fourth-order valence-corrected chi connectivity index (χ4v) is 3.46. The molecule has 2 fully saturated rings. The Balaban J connectivity index is 1.67. The van der Waals surface area contributed by atoms with Crippen molar-refractivity contribution in [2.75, 3.05) is 31.1 Å². The molecule has 3 rings (SSSR count). The zero-order valence-corrected chi connectivity index (χ0v) is 14.1. The minimum Gasteiger partial charge on any atom is -0.356 e. The van der Waals surface area contributed by atoms with Crippen molar-refractivity contribution in [3.63, 3.8) is 0 Å². The van der Waals surface area contributed by atoms with Crippen LogP contribution in [0.25, 0.3) is 0 Å². The van der Waals surface area contributed by atoms with Gasteiger partial charge in [0.1, 0.15) is 11.5 Å². The van der Waals surface area contributed by atoms with Gasteiger partial charge in [0.15, 0.2) is 0 Å². The van der Waals surface area contributed by atoms with Crippen molar-refractivity contribution in [3.05, 3.63) is 23.9 Å². The SMILES string of the molecule is O=C(C1CCCN(c2cccc(C(F)(F)F)n2)C1)N1CCC(F)(F)CC1. The highest BCUT2D eigenvalue weighted by atomic mass is 19.4. The second kappa shape index (κ2) is 7.00. The maximum absolute atomic E-state index is 13.3. The van der Waals surface area contributed by atoms with E-state index in [9.17, 15) is 26.7 Å². The number of halogens is 5. The maximum Gasteiger partial charge on any atom is 0.433 e. The lowest BCUT2D eigenvalue weighted by atomic mass is 9.95. The fourth-order valence-electron chi connectivity index (χ4n) is 3.46. The zero-order chi connectivity index (χ0) is 18.9. The molecule has 0 radical (unpaired) electrons. The molecule has 2 saturated heterocycles. The summed E-state index contributed by atoms with van der Waals surface area (Å²) in [7, 11) is 0. The molecule has 144 valence electrons. The molecule has 1 aromatic heterocycles. The lowest BCUT2D eigenvalue weighted by Crippen LogP contribution is -2.49. The van der Waals surface area contributed by atoms with E-state index < -0.39 is 23.7 Å². The van der Waals surface area contributed by atoms with Crippen molar-refractivity contribution < 1.29 is 26.7 Å². The number of likely N-dealkylation sites (tertiary alicyclic amines) is 1. The Morgan fingerprint density at radius 1 is 1.15 bits per heavy atom. The molecule has 1 unspecified atom stereocenters. The molecule has 0 saturated carbocycles. The molecule has 4 nitrogen and oxygen atoms in total. The molecule has 0 N–H and O–H groups in total. The molecule has 0 aromatic carbocycles. The number of alkyl halides is 5. The molecule has 2 aliphatic heterocycles. The van der Waals surface area contributed by atoms with Gasteiger partial charge in [-0.3, -0.25) is 4.79 Å². The third-order valence-corrected chi connectivity index (χ3v) is 4.93. The molecule has 26 heavy (non-hydrogen) atoms. The average molecular weight is 377 g/mol. The highest BCUT2D eigenvalue weighted by Gasteiger charge is 2.38. The van der Waals surface area contributed by atoms with Crippen molar-refractivity contribution in [1.82, 2.24) is 9.88 Å². The quantitative estimate of drug-likeness (QED) is 0.740. The van der Waals surface area contributed by atoms with E-state index in [0.717, 1.165) is 6.07 Å². The minimum absolute atomic E-state index is 0.0180. The van der Waals surface area contributed by atoms with E-state index in [2.05, 4.69) is 4.98 Å². The summed E-state index contributed by atoms with van der Waals surface area (Å²) in [5.74, 6) is -3.15. The molecule has 9 heteroatoms. The van der Waals surface area contributed by atoms with Crippen LogP contribution in [0.1, 0.15) is 31.4 Å². The van der Waals surface area contributed by atoms with Crippen LogP contribution in [0.4, 0.5) is 27.8 Å². The number of nitrogens with zero attached hydrogens (tertiary/aromatic N) is 3. The van der Waals surface area contributed by atoms with Gasteiger partial charge in [0.25, 0.3) is 5.92 Å². The number of carbonyl (C=O) groups excluding carboxylic acids is 1. The molecule has 2 aliphatic rings. The third kappa shape index (κ3) is 4.24. The standard InChI is InChI=1S/C17H20F5N3O/c18-16(19)6-9-24(10-7-16)15(26)12-3-2-8-25(11-12)14-5-1-4-13(23-14)17(20,21)22/h1,4-5,12H,2-3,6-11H2. The Hall–Kier alpha value is -1.93. The Labute approximate surface area is 148 Å². The molecule has 3 heterocycles. The summed E-state index contributed by atoms with van der Waals surface area (Å²) in [5, 5.41) is 0. The summed E-state index contributed by atoms with van der Waals surface area (Å²) in [6.45, 7) is 0.796. The Morgan fingerprint density at radius 2 is 1.85 bits per heavy atom. The lowest BCUT2D eigenvalue weighted by molar-refractivity contribution is -0.142. The van der Waals surface area contributed by atoms with Crippen LogP contribution in [0.2, 0.25) is 0 Å². The van der Waals surface area contributed by atoms with E-state index in [1.165, 1.54) is 17.0 Å². The van der Waals surface area contributed by atoms with Crippen molar-refractivity contribution in [2.45, 2.75) is 37.8 Å². The van der Waals surface area contributed by atoms with Crippen LogP contribution in [-0.2, 0) is 11.0 Å². The summed E-state index contributed by atoms with van der Waals surface area (Å²) < 4.78 is 65.0. The first-order valence-corrected chi connectivity index (χ1v) is 8.61. The number of hydrogen-bond donors (Lipinski definition) is 0. The number of carbonyl (C=O) groups is 1. The second-order valence-electron chi connectivity index (χ2n) is 6.85. The summed E-state index contributed by atoms with van der Waals surface area (Å²) in [4.78, 5) is 19.4. The monoisotopic (exact) mass is 377 g/mol. The van der Waals surface area contributed by atoms with Crippen LogP contribution in [0, 0.1) is 5.92 Å². The van der Waals surface area contributed by atoms with E-state index in [0.29, 0.717) is 19.4 Å². The van der Waals surface area contributed by atoms with E-state index in [1.807, 2.05) is 0 Å². The fraction of sp³-hybridized carbons (Fsp3) is 0.647. The number of pyridine rings is 1. The second-order valence-corrected chi connectivity index (χ2v) is 6.85. The molecule has 1 aromatic rings. The van der Waals surface area contributed by atoms with Crippen LogP contribution in [0.15, 0.2) is 18.2 Å². The van der Waals surface area contributed by atoms with Gasteiger partial charge in [-0.05, 0) is 25.0 Å². The maximum atomic E-state index is 13.3. The molecular weight excluding hydrogens is 357 g/mol. The molecule has 0 bridgehead atoms. The van der Waals surface area contributed by atoms with Crippen LogP contribution in [-0.4, -0.2) is 47.9 Å². The Kier molecular flexibility index (Phi) is 5.07. The van der Waals surface area contributed by atoms with E-state index in [-0.39, 0.29) is 44.2 Å². The van der Waals surface area contributed by atoms with Gasteiger partial charge in [-0.1, -0.05) is 6.07 Å². The van der Waals surface area contributed by atoms with Gasteiger partial charge in [-0.25, -0.2) is 13.8 Å². The van der Waals surface area contributed by atoms with Gasteiger partial charge in [0.2, 0.25) is 5.91 Å². The molecule has 0 spiro atoms. The van der Waals surface area contributed by atoms with Gasteiger partial charge in [-0.2, -0.15) is 13.2 Å². The van der Waals surface area contributed by atoms with E-state index >= 15 is 0 Å². The van der Waals surface area contributed by atoms with Gasteiger partial charge >= 0.3 is 6.18 Å². The molecule has 1 atom stereocenters. The summed E-state index contributed by atoms with van der Waals surface area (Å²) in [6, 6.07) is 3.69. The number of rotatable bonds is 2. The molecule has 0 aliphatic carbocycles. The number of hydrogen-bond acceptors (Lipinski definition) is 3. The highest BCUT2D eigenvalue weighted by molar-refractivity contribution is 5.80. The first-order chi connectivity index (χ1) is 12.2. The number of anilines is 1. The number of aromatic nitrogens is 1. The van der Waals surface area contributed by atoms with Gasteiger partial charge in [-0.15, -0.1) is 0 Å². The van der Waals surface area contributed by atoms with Gasteiger partial charge < -0.3 is 9.80 Å². The first-order valence-electron chi connectivity index (χ1n) is 8.61. The van der Waals surface area contributed by atoms with Crippen LogP contribution >= 0.6 is 0 Å². The molecule has 1 amide bonds. The Bertz CT molecular complexity index is 654. The van der Waals surface area contributed by atoms with Crippen LogP contribution in [0.5, 0.6) is 0 Å². The summed E-state index contributed by atoms with van der Waals surface area (Å²) >= 11 is 0. The van der Waals surface area contributed by atoms with E-state index in [1.54, 1.807) is 4.90 Å². The first kappa shape index (κ1) is 18.8. The van der Waals surface area contributed by atoms with Crippen molar-refractivity contribution in [2.24, 2.45) is 5.92 Å². The highest BCUT2D eigenvalue weighted by Crippen LogP contribution is 2.32. The topological polar surface area (TPSA) is 36.4 Å². The normalized spacial score (nSPS) is 23.8. The summed E-state index contributed by atoms with van der Waals surface area (Å²) in [6.07, 6.45) is -3.98. The predicted molar refractivity (Wildman–Crippen MR) is 84.9 cm³/mol. The van der Waals surface area contributed by atoms with Gasteiger partial charge in [0, 0.05) is 39.0 Å². The Morgan fingerprint density at radius 3 is 2.50 bits per heavy atom. The van der Waals surface area contributed by atoms with E-state index in [4.69, 9.17) is 0 Å². The number of piperidine rings is 2. The average Bonchev–Trinajstić information content (AvgIpc) is 2.61.